The zero-order valence-electron chi connectivity index (χ0n) is 6.51. The Morgan fingerprint density at radius 3 is 2.69 bits per heavy atom. The van der Waals surface area contributed by atoms with E-state index in [4.69, 9.17) is 5.73 Å². The molecular formula is C7H7F3N2S. The van der Waals surface area contributed by atoms with E-state index in [2.05, 4.69) is 4.98 Å². The van der Waals surface area contributed by atoms with Crippen molar-refractivity contribution >= 4 is 17.4 Å². The minimum atomic E-state index is -4.19. The molecule has 2 N–H and O–H groups in total. The number of aromatic nitrogens is 1. The zero-order chi connectivity index (χ0) is 9.90. The van der Waals surface area contributed by atoms with Crippen LogP contribution in [-0.2, 0) is 0 Å². The van der Waals surface area contributed by atoms with Crippen molar-refractivity contribution in [3.8, 4) is 0 Å². The molecule has 0 saturated heterocycles. The summed E-state index contributed by atoms with van der Waals surface area (Å²) in [5, 5.41) is 0.222. The van der Waals surface area contributed by atoms with Crippen LogP contribution in [0.5, 0.6) is 0 Å². The summed E-state index contributed by atoms with van der Waals surface area (Å²) >= 11 is 0.593. The van der Waals surface area contributed by atoms with E-state index < -0.39 is 11.9 Å². The minimum Gasteiger partial charge on any atom is -0.397 e. The molecule has 1 rings (SSSR count). The van der Waals surface area contributed by atoms with E-state index in [1.54, 1.807) is 6.07 Å². The van der Waals surface area contributed by atoms with Crippen LogP contribution in [0.15, 0.2) is 23.4 Å². The van der Waals surface area contributed by atoms with Crippen LogP contribution in [0.3, 0.4) is 0 Å². The number of hydrogen-bond donors (Lipinski definition) is 1. The topological polar surface area (TPSA) is 38.9 Å². The number of nitrogens with two attached hydrogens (primary N) is 1. The largest absolute Gasteiger partial charge is 0.398 e. The van der Waals surface area contributed by atoms with Gasteiger partial charge in [-0.2, -0.15) is 13.2 Å². The zero-order valence-corrected chi connectivity index (χ0v) is 7.32. The van der Waals surface area contributed by atoms with Crippen LogP contribution in [0, 0.1) is 0 Å². The van der Waals surface area contributed by atoms with E-state index in [9.17, 15) is 13.2 Å². The Balaban J connectivity index is 2.60. The fourth-order valence-corrected chi connectivity index (χ4v) is 1.34. The molecule has 0 radical (unpaired) electrons. The van der Waals surface area contributed by atoms with Crippen molar-refractivity contribution in [3.63, 3.8) is 0 Å². The van der Waals surface area contributed by atoms with Gasteiger partial charge in [0.25, 0.3) is 0 Å². The number of rotatable bonds is 2. The number of anilines is 1. The predicted octanol–water partition coefficient (Wildman–Crippen LogP) is 2.32. The lowest BCUT2D eigenvalue weighted by Crippen LogP contribution is -2.11. The molecular weight excluding hydrogens is 201 g/mol. The minimum absolute atomic E-state index is 0.222. The van der Waals surface area contributed by atoms with E-state index in [-0.39, 0.29) is 10.7 Å². The molecule has 6 heteroatoms. The van der Waals surface area contributed by atoms with Crippen LogP contribution in [0.1, 0.15) is 0 Å². The second-order valence-corrected chi connectivity index (χ2v) is 3.27. The highest BCUT2D eigenvalue weighted by Gasteiger charge is 2.27. The van der Waals surface area contributed by atoms with Crippen LogP contribution in [0.4, 0.5) is 18.9 Å². The third kappa shape index (κ3) is 3.54. The molecule has 0 bridgehead atoms. The molecule has 0 saturated carbocycles. The van der Waals surface area contributed by atoms with E-state index in [1.165, 1.54) is 12.3 Å². The molecule has 0 spiro atoms. The lowest BCUT2D eigenvalue weighted by Gasteiger charge is -2.06. The van der Waals surface area contributed by atoms with E-state index >= 15 is 0 Å². The first-order chi connectivity index (χ1) is 5.99. The summed E-state index contributed by atoms with van der Waals surface area (Å²) in [5.74, 6) is -0.964. The van der Waals surface area contributed by atoms with Gasteiger partial charge in [0.2, 0.25) is 0 Å². The molecule has 0 unspecified atom stereocenters. The first-order valence-electron chi connectivity index (χ1n) is 3.39. The van der Waals surface area contributed by atoms with E-state index in [0.29, 0.717) is 11.8 Å². The highest BCUT2D eigenvalue weighted by Crippen LogP contribution is 2.28. The van der Waals surface area contributed by atoms with E-state index in [0.717, 1.165) is 0 Å². The molecule has 0 aliphatic carbocycles. The molecule has 1 aromatic rings. The monoisotopic (exact) mass is 208 g/mol. The quantitative estimate of drug-likeness (QED) is 0.758. The van der Waals surface area contributed by atoms with Gasteiger partial charge in [-0.15, -0.1) is 0 Å². The van der Waals surface area contributed by atoms with Gasteiger partial charge in [-0.3, -0.25) is 0 Å². The summed E-state index contributed by atoms with van der Waals surface area (Å²) < 4.78 is 35.4. The number of thioether (sulfide) groups is 1. The Bertz CT molecular complexity index is 287. The van der Waals surface area contributed by atoms with Crippen molar-refractivity contribution in [2.24, 2.45) is 0 Å². The Kier molecular flexibility index (Phi) is 3.02. The Hall–Kier alpha value is -0.910. The fourth-order valence-electron chi connectivity index (χ4n) is 0.674. The van der Waals surface area contributed by atoms with Crippen LogP contribution >= 0.6 is 11.8 Å². The van der Waals surface area contributed by atoms with Gasteiger partial charge in [0.1, 0.15) is 5.03 Å². The molecule has 0 atom stereocenters. The van der Waals surface area contributed by atoms with Crippen LogP contribution in [0.2, 0.25) is 0 Å². The molecule has 0 aliphatic heterocycles. The van der Waals surface area contributed by atoms with Crippen molar-refractivity contribution in [1.29, 1.82) is 0 Å². The van der Waals surface area contributed by atoms with Gasteiger partial charge in [-0.05, 0) is 12.1 Å². The van der Waals surface area contributed by atoms with Crippen molar-refractivity contribution in [1.82, 2.24) is 4.98 Å². The van der Waals surface area contributed by atoms with Gasteiger partial charge in [0.15, 0.2) is 0 Å². The molecule has 2 nitrogen and oxygen atoms in total. The van der Waals surface area contributed by atoms with Crippen molar-refractivity contribution in [2.75, 3.05) is 11.5 Å². The number of halogens is 3. The third-order valence-electron chi connectivity index (χ3n) is 1.17. The third-order valence-corrected chi connectivity index (χ3v) is 2.26. The molecule has 72 valence electrons. The molecule has 13 heavy (non-hydrogen) atoms. The second kappa shape index (κ2) is 3.87. The van der Waals surface area contributed by atoms with Crippen LogP contribution in [0.25, 0.3) is 0 Å². The molecule has 1 aromatic heterocycles. The fraction of sp³-hybridized carbons (Fsp3) is 0.286. The molecule has 0 aromatic carbocycles. The van der Waals surface area contributed by atoms with Gasteiger partial charge >= 0.3 is 6.18 Å². The lowest BCUT2D eigenvalue weighted by molar-refractivity contribution is -0.105. The summed E-state index contributed by atoms with van der Waals surface area (Å²) in [6, 6.07) is 3.10. The molecule has 0 aliphatic rings. The SMILES string of the molecule is Nc1cccnc1SCC(F)(F)F. The standard InChI is InChI=1S/C7H7F3N2S/c8-7(9,10)4-13-6-5(11)2-1-3-12-6/h1-3H,4,11H2. The van der Waals surface area contributed by atoms with Gasteiger partial charge < -0.3 is 5.73 Å². The van der Waals surface area contributed by atoms with Crippen LogP contribution in [-0.4, -0.2) is 16.9 Å². The van der Waals surface area contributed by atoms with Gasteiger partial charge in [-0.1, -0.05) is 11.8 Å². The van der Waals surface area contributed by atoms with E-state index in [1.807, 2.05) is 0 Å². The lowest BCUT2D eigenvalue weighted by atomic mass is 10.4. The van der Waals surface area contributed by atoms with Gasteiger partial charge in [0.05, 0.1) is 11.4 Å². The average Bonchev–Trinajstić information content (AvgIpc) is 2.01. The second-order valence-electron chi connectivity index (χ2n) is 2.30. The average molecular weight is 208 g/mol. The summed E-state index contributed by atoms with van der Waals surface area (Å²) in [6.45, 7) is 0. The van der Waals surface area contributed by atoms with Crippen molar-refractivity contribution in [3.05, 3.63) is 18.3 Å². The van der Waals surface area contributed by atoms with Gasteiger partial charge in [0, 0.05) is 6.20 Å². The number of alkyl halides is 3. The highest BCUT2D eigenvalue weighted by molar-refractivity contribution is 7.99. The first kappa shape index (κ1) is 10.2. The maximum atomic E-state index is 11.8. The van der Waals surface area contributed by atoms with Gasteiger partial charge in [-0.25, -0.2) is 4.98 Å². The predicted molar refractivity (Wildman–Crippen MR) is 45.4 cm³/mol. The normalized spacial score (nSPS) is 11.6. The number of nitrogens with zero attached hydrogens (tertiary/aromatic N) is 1. The number of pyridine rings is 1. The molecule has 0 fully saturated rings. The smallest absolute Gasteiger partial charge is 0.397 e. The Morgan fingerprint density at radius 1 is 1.46 bits per heavy atom. The number of nitrogen functional groups attached to an aromatic ring is 1. The Labute approximate surface area is 77.3 Å². The maximum absolute atomic E-state index is 11.8. The van der Waals surface area contributed by atoms with Crippen molar-refractivity contribution < 1.29 is 13.2 Å². The summed E-state index contributed by atoms with van der Waals surface area (Å²) in [6.07, 6.45) is -2.77. The molecule has 0 amide bonds. The summed E-state index contributed by atoms with van der Waals surface area (Å²) in [5.41, 5.74) is 5.67. The highest BCUT2D eigenvalue weighted by atomic mass is 32.2. The van der Waals surface area contributed by atoms with Crippen LogP contribution < -0.4 is 5.73 Å². The number of hydrogen-bond acceptors (Lipinski definition) is 3. The summed E-state index contributed by atoms with van der Waals surface area (Å²) in [4.78, 5) is 3.72. The first-order valence-corrected chi connectivity index (χ1v) is 4.37. The Morgan fingerprint density at radius 2 is 2.15 bits per heavy atom. The van der Waals surface area contributed by atoms with Crippen molar-refractivity contribution in [2.45, 2.75) is 11.2 Å². The maximum Gasteiger partial charge on any atom is 0.398 e. The molecule has 1 heterocycles. The summed E-state index contributed by atoms with van der Waals surface area (Å²) in [7, 11) is 0.